The van der Waals surface area contributed by atoms with Crippen LogP contribution in [-0.4, -0.2) is 22.6 Å². The van der Waals surface area contributed by atoms with E-state index < -0.39 is 0 Å². The minimum atomic E-state index is 0.615. The van der Waals surface area contributed by atoms with Crippen LogP contribution < -0.4 is 4.74 Å². The molecule has 0 aliphatic carbocycles. The fourth-order valence-electron chi connectivity index (χ4n) is 4.03. The van der Waals surface area contributed by atoms with E-state index >= 15 is 0 Å². The van der Waals surface area contributed by atoms with E-state index in [0.29, 0.717) is 6.61 Å². The topological polar surface area (TPSA) is 17.4 Å². The molecule has 1 aliphatic heterocycles. The molecule has 4 rings (SSSR count). The van der Waals surface area contributed by atoms with Crippen molar-refractivity contribution in [3.63, 3.8) is 0 Å². The van der Waals surface area contributed by atoms with Gasteiger partial charge in [0.25, 0.3) is 0 Å². The first kappa shape index (κ1) is 18.8. The van der Waals surface area contributed by atoms with Crippen molar-refractivity contribution in [1.82, 2.24) is 9.47 Å². The summed E-state index contributed by atoms with van der Waals surface area (Å²) in [4.78, 5) is 2.61. The second kappa shape index (κ2) is 8.65. The zero-order valence-electron chi connectivity index (χ0n) is 16.0. The molecule has 4 heteroatoms. The van der Waals surface area contributed by atoms with Crippen molar-refractivity contribution in [3.8, 4) is 5.75 Å². The van der Waals surface area contributed by atoms with E-state index in [4.69, 9.17) is 4.74 Å². The van der Waals surface area contributed by atoms with Gasteiger partial charge in [0, 0.05) is 17.4 Å². The number of para-hydroxylation sites is 1. The molecule has 0 spiro atoms. The zero-order valence-corrected chi connectivity index (χ0v) is 18.1. The highest BCUT2D eigenvalue weighted by atomic mass is 127. The van der Waals surface area contributed by atoms with Crippen LogP contribution in [0.25, 0.3) is 10.9 Å². The molecule has 1 aliphatic rings. The highest BCUT2D eigenvalue weighted by Gasteiger charge is 2.20. The third-order valence-corrected chi connectivity index (χ3v) is 6.22. The first-order chi connectivity index (χ1) is 13.3. The van der Waals surface area contributed by atoms with Gasteiger partial charge in [-0.2, -0.15) is 0 Å². The Hall–Kier alpha value is -1.53. The number of halogens is 1. The fourth-order valence-corrected chi connectivity index (χ4v) is 4.81. The number of fused-ring (bicyclic) bond motifs is 1. The number of aromatic nitrogens is 1. The summed E-state index contributed by atoms with van der Waals surface area (Å²) in [5.41, 5.74) is 5.34. The molecule has 1 fully saturated rings. The van der Waals surface area contributed by atoms with Gasteiger partial charge in [0.05, 0.1) is 10.2 Å². The molecule has 3 nitrogen and oxygen atoms in total. The Balaban J connectivity index is 1.67. The van der Waals surface area contributed by atoms with Crippen LogP contribution in [0.3, 0.4) is 0 Å². The van der Waals surface area contributed by atoms with Crippen LogP contribution in [0.2, 0.25) is 0 Å². The number of ether oxygens (including phenoxy) is 1. The van der Waals surface area contributed by atoms with Gasteiger partial charge in [0.2, 0.25) is 0 Å². The van der Waals surface area contributed by atoms with Crippen LogP contribution in [-0.2, 0) is 17.7 Å². The van der Waals surface area contributed by atoms with Crippen molar-refractivity contribution >= 4 is 33.5 Å². The molecule has 0 atom stereocenters. The minimum Gasteiger partial charge on any atom is -0.487 e. The Bertz CT molecular complexity index is 895. The van der Waals surface area contributed by atoms with Gasteiger partial charge in [-0.3, -0.25) is 4.90 Å². The summed E-state index contributed by atoms with van der Waals surface area (Å²) >= 11 is 2.46. The lowest BCUT2D eigenvalue weighted by molar-refractivity contribution is 0.218. The Morgan fingerprint density at radius 3 is 2.44 bits per heavy atom. The summed E-state index contributed by atoms with van der Waals surface area (Å²) < 4.78 is 9.56. The van der Waals surface area contributed by atoms with Gasteiger partial charge in [-0.15, -0.1) is 0 Å². The van der Waals surface area contributed by atoms with Crippen LogP contribution in [0.5, 0.6) is 5.75 Å². The van der Waals surface area contributed by atoms with E-state index in [1.165, 1.54) is 60.1 Å². The summed E-state index contributed by atoms with van der Waals surface area (Å²) in [5, 5.41) is 1.38. The molecule has 142 valence electrons. The molecule has 0 unspecified atom stereocenters. The molecule has 0 N–H and O–H groups in total. The second-order valence-electron chi connectivity index (χ2n) is 7.43. The maximum absolute atomic E-state index is 6.21. The largest absolute Gasteiger partial charge is 0.487 e. The summed E-state index contributed by atoms with van der Waals surface area (Å²) in [5.74, 6) is 0.940. The first-order valence-corrected chi connectivity index (χ1v) is 11.4. The Labute approximate surface area is 175 Å². The van der Waals surface area contributed by atoms with Gasteiger partial charge in [-0.1, -0.05) is 64.9 Å². The molecule has 0 amide bonds. The van der Waals surface area contributed by atoms with E-state index in [0.717, 1.165) is 16.8 Å². The quantitative estimate of drug-likeness (QED) is 0.327. The Kier molecular flexibility index (Phi) is 6.03. The highest BCUT2D eigenvalue weighted by molar-refractivity contribution is 14.1. The van der Waals surface area contributed by atoms with Gasteiger partial charge in [-0.25, -0.2) is 0 Å². The number of piperidine rings is 1. The van der Waals surface area contributed by atoms with E-state index in [1.54, 1.807) is 0 Å². The Morgan fingerprint density at radius 1 is 0.963 bits per heavy atom. The summed E-state index contributed by atoms with van der Waals surface area (Å²) in [7, 11) is 0. The van der Waals surface area contributed by atoms with E-state index in [-0.39, 0.29) is 0 Å². The van der Waals surface area contributed by atoms with Crippen molar-refractivity contribution in [3.05, 3.63) is 65.4 Å². The lowest BCUT2D eigenvalue weighted by Gasteiger charge is -2.27. The maximum atomic E-state index is 6.21. The third-order valence-electron chi connectivity index (χ3n) is 5.54. The van der Waals surface area contributed by atoms with Crippen LogP contribution >= 0.6 is 22.6 Å². The summed E-state index contributed by atoms with van der Waals surface area (Å²) in [6, 6.07) is 17.2. The molecule has 2 heterocycles. The van der Waals surface area contributed by atoms with Crippen LogP contribution in [0, 0.1) is 6.92 Å². The van der Waals surface area contributed by atoms with Crippen molar-refractivity contribution < 1.29 is 4.74 Å². The average Bonchev–Trinajstić information content (AvgIpc) is 3.01. The number of nitrogens with zero attached hydrogens (tertiary/aromatic N) is 2. The van der Waals surface area contributed by atoms with Gasteiger partial charge in [-0.05, 0) is 56.6 Å². The van der Waals surface area contributed by atoms with Crippen LogP contribution in [0.1, 0.15) is 36.1 Å². The molecule has 0 radical (unpaired) electrons. The summed E-state index contributed by atoms with van der Waals surface area (Å²) in [6.45, 7) is 6.17. The highest BCUT2D eigenvalue weighted by Crippen LogP contribution is 2.30. The number of likely N-dealkylation sites (tertiary alicyclic amines) is 1. The molecule has 1 saturated heterocycles. The lowest BCUT2D eigenvalue weighted by Crippen LogP contribution is -2.29. The number of benzene rings is 2. The third kappa shape index (κ3) is 4.16. The van der Waals surface area contributed by atoms with Crippen molar-refractivity contribution in [1.29, 1.82) is 0 Å². The van der Waals surface area contributed by atoms with Crippen molar-refractivity contribution in [2.75, 3.05) is 13.1 Å². The van der Waals surface area contributed by atoms with Crippen LogP contribution in [0.15, 0.2) is 48.5 Å². The average molecular weight is 474 g/mol. The van der Waals surface area contributed by atoms with Crippen LogP contribution in [0.4, 0.5) is 0 Å². The van der Waals surface area contributed by atoms with E-state index in [2.05, 4.69) is 87.5 Å². The van der Waals surface area contributed by atoms with Crippen molar-refractivity contribution in [2.24, 2.45) is 0 Å². The van der Waals surface area contributed by atoms with Gasteiger partial charge in [0.1, 0.15) is 12.4 Å². The lowest BCUT2D eigenvalue weighted by atomic mass is 10.1. The smallest absolute Gasteiger partial charge is 0.129 e. The predicted molar refractivity (Wildman–Crippen MR) is 121 cm³/mol. The maximum Gasteiger partial charge on any atom is 0.129 e. The number of rotatable bonds is 6. The first-order valence-electron chi connectivity index (χ1n) is 9.83. The summed E-state index contributed by atoms with van der Waals surface area (Å²) in [6.07, 6.45) is 4.01. The molecule has 27 heavy (non-hydrogen) atoms. The normalized spacial score (nSPS) is 15.3. The molecular formula is C23H27IN2O. The molecule has 2 aromatic carbocycles. The molecule has 1 aromatic heterocycles. The van der Waals surface area contributed by atoms with Gasteiger partial charge in [0.15, 0.2) is 0 Å². The van der Waals surface area contributed by atoms with Crippen molar-refractivity contribution in [2.45, 2.75) is 43.9 Å². The number of aryl methyl sites for hydroxylation is 1. The minimum absolute atomic E-state index is 0.615. The zero-order chi connectivity index (χ0) is 18.6. The number of hydrogen-bond acceptors (Lipinski definition) is 2. The standard InChI is InChI=1S/C23H27IN2O/c1-18-9-11-19(12-10-18)27-16-23-21(15-25-13-5-2-6-14-25)20-7-3-4-8-22(20)26(23)17-24/h3-4,7-12H,2,5-6,13-17H2,1H3. The number of hydrogen-bond donors (Lipinski definition) is 0. The predicted octanol–water partition coefficient (Wildman–Crippen LogP) is 5.91. The monoisotopic (exact) mass is 474 g/mol. The molecule has 0 saturated carbocycles. The van der Waals surface area contributed by atoms with Gasteiger partial charge >= 0.3 is 0 Å². The van der Waals surface area contributed by atoms with E-state index in [1.807, 2.05) is 0 Å². The van der Waals surface area contributed by atoms with Gasteiger partial charge < -0.3 is 9.30 Å². The second-order valence-corrected chi connectivity index (χ2v) is 8.11. The molecular weight excluding hydrogens is 447 g/mol. The molecule has 3 aromatic rings. The Morgan fingerprint density at radius 2 is 1.70 bits per heavy atom. The molecule has 0 bridgehead atoms. The van der Waals surface area contributed by atoms with E-state index in [9.17, 15) is 0 Å². The fraction of sp³-hybridized carbons (Fsp3) is 0.391. The number of alkyl halides is 1. The SMILES string of the molecule is Cc1ccc(OCc2c(CN3CCCCC3)c3ccccc3n2CI)cc1.